The monoisotopic (exact) mass is 490 g/mol. The number of piperidine rings is 1. The number of hydrogen-bond acceptors (Lipinski definition) is 5. The second-order valence-corrected chi connectivity index (χ2v) is 9.37. The standard InChI is InChI=1S/C27H27ClN4O3/c28-21-10-8-19(9-11-21)23-17-24(25-7-4-16-35-25)32(30-23)26(33)18-31-14-12-20(13-15-31)27(34)29-22-5-2-1-3-6-22/h1-11,16,20,24H,12-15,17-18H2,(H,29,34). The third kappa shape index (κ3) is 5.47. The fourth-order valence-corrected chi connectivity index (χ4v) is 4.77. The lowest BCUT2D eigenvalue weighted by Gasteiger charge is -2.32. The lowest BCUT2D eigenvalue weighted by Crippen LogP contribution is -2.43. The number of carbonyl (C=O) groups excluding carboxylic acids is 2. The number of anilines is 1. The molecule has 0 bridgehead atoms. The molecule has 8 heteroatoms. The van der Waals surface area contributed by atoms with Crippen molar-refractivity contribution < 1.29 is 14.0 Å². The second-order valence-electron chi connectivity index (χ2n) is 8.93. The molecule has 5 rings (SSSR count). The number of amides is 2. The molecule has 2 aliphatic heterocycles. The van der Waals surface area contributed by atoms with Crippen LogP contribution < -0.4 is 5.32 Å². The molecule has 0 radical (unpaired) electrons. The van der Waals surface area contributed by atoms with Crippen molar-refractivity contribution in [2.24, 2.45) is 11.0 Å². The van der Waals surface area contributed by atoms with Crippen molar-refractivity contribution in [3.05, 3.63) is 89.3 Å². The van der Waals surface area contributed by atoms with Gasteiger partial charge in [0, 0.05) is 23.0 Å². The van der Waals surface area contributed by atoms with Crippen molar-refractivity contribution >= 4 is 34.8 Å². The Hall–Kier alpha value is -3.42. The zero-order chi connectivity index (χ0) is 24.2. The molecule has 1 N–H and O–H groups in total. The number of nitrogens with one attached hydrogen (secondary N) is 1. The maximum atomic E-state index is 13.3. The summed E-state index contributed by atoms with van der Waals surface area (Å²) in [6.45, 7) is 1.62. The molecular weight excluding hydrogens is 464 g/mol. The quantitative estimate of drug-likeness (QED) is 0.529. The normalized spacial score (nSPS) is 18.9. The number of hydrazone groups is 1. The predicted molar refractivity (Wildman–Crippen MR) is 135 cm³/mol. The Balaban J connectivity index is 1.21. The highest BCUT2D eigenvalue weighted by molar-refractivity contribution is 6.30. The van der Waals surface area contributed by atoms with Gasteiger partial charge < -0.3 is 9.73 Å². The van der Waals surface area contributed by atoms with Crippen LogP contribution in [-0.2, 0) is 9.59 Å². The van der Waals surface area contributed by atoms with Gasteiger partial charge in [-0.15, -0.1) is 0 Å². The van der Waals surface area contributed by atoms with Crippen molar-refractivity contribution in [3.63, 3.8) is 0 Å². The lowest BCUT2D eigenvalue weighted by molar-refractivity contribution is -0.135. The Morgan fingerprint density at radius 3 is 2.43 bits per heavy atom. The molecule has 1 saturated heterocycles. The zero-order valence-electron chi connectivity index (χ0n) is 19.3. The van der Waals surface area contributed by atoms with Crippen LogP contribution in [0.3, 0.4) is 0 Å². The first kappa shape index (κ1) is 23.3. The van der Waals surface area contributed by atoms with E-state index in [9.17, 15) is 9.59 Å². The van der Waals surface area contributed by atoms with Gasteiger partial charge in [-0.05, 0) is 67.9 Å². The van der Waals surface area contributed by atoms with Gasteiger partial charge in [0.15, 0.2) is 0 Å². The molecule has 3 aromatic rings. The number of likely N-dealkylation sites (tertiary alicyclic amines) is 1. The largest absolute Gasteiger partial charge is 0.467 e. The van der Waals surface area contributed by atoms with Gasteiger partial charge in [0.2, 0.25) is 5.91 Å². The summed E-state index contributed by atoms with van der Waals surface area (Å²) in [4.78, 5) is 28.1. The summed E-state index contributed by atoms with van der Waals surface area (Å²) in [6, 6.07) is 20.4. The Kier molecular flexibility index (Phi) is 6.97. The molecular formula is C27H27ClN4O3. The van der Waals surface area contributed by atoms with Crippen molar-refractivity contribution in [2.45, 2.75) is 25.3 Å². The van der Waals surface area contributed by atoms with Gasteiger partial charge in [-0.25, -0.2) is 5.01 Å². The number of para-hydroxylation sites is 1. The molecule has 1 atom stereocenters. The van der Waals surface area contributed by atoms with Gasteiger partial charge in [0.25, 0.3) is 5.91 Å². The van der Waals surface area contributed by atoms with Crippen molar-refractivity contribution in [1.82, 2.24) is 9.91 Å². The summed E-state index contributed by atoms with van der Waals surface area (Å²) in [5.74, 6) is 0.612. The topological polar surface area (TPSA) is 78.2 Å². The molecule has 2 amide bonds. The van der Waals surface area contributed by atoms with Crippen molar-refractivity contribution in [2.75, 3.05) is 25.0 Å². The Morgan fingerprint density at radius 1 is 1.00 bits per heavy atom. The van der Waals surface area contributed by atoms with Crippen molar-refractivity contribution in [3.8, 4) is 0 Å². The maximum Gasteiger partial charge on any atom is 0.257 e. The summed E-state index contributed by atoms with van der Waals surface area (Å²) in [5, 5.41) is 9.88. The van der Waals surface area contributed by atoms with Crippen LogP contribution in [0.4, 0.5) is 5.69 Å². The highest BCUT2D eigenvalue weighted by atomic mass is 35.5. The number of hydrogen-bond donors (Lipinski definition) is 1. The Labute approximate surface area is 209 Å². The molecule has 0 aliphatic carbocycles. The molecule has 35 heavy (non-hydrogen) atoms. The molecule has 180 valence electrons. The van der Waals surface area contributed by atoms with E-state index in [0.29, 0.717) is 43.1 Å². The van der Waals surface area contributed by atoms with Gasteiger partial charge in [0.1, 0.15) is 11.8 Å². The highest BCUT2D eigenvalue weighted by Gasteiger charge is 2.36. The van der Waals surface area contributed by atoms with E-state index in [1.54, 1.807) is 11.3 Å². The summed E-state index contributed by atoms with van der Waals surface area (Å²) in [7, 11) is 0. The van der Waals surface area contributed by atoms with Crippen molar-refractivity contribution in [1.29, 1.82) is 0 Å². The number of furan rings is 1. The first-order chi connectivity index (χ1) is 17.1. The molecule has 1 unspecified atom stereocenters. The third-order valence-corrected chi connectivity index (χ3v) is 6.83. The van der Waals surface area contributed by atoms with E-state index >= 15 is 0 Å². The molecule has 3 heterocycles. The number of carbonyl (C=O) groups is 2. The smallest absolute Gasteiger partial charge is 0.257 e. The lowest BCUT2D eigenvalue weighted by atomic mass is 9.95. The van der Waals surface area contributed by atoms with E-state index in [1.807, 2.05) is 66.7 Å². The third-order valence-electron chi connectivity index (χ3n) is 6.57. The van der Waals surface area contributed by atoms with Gasteiger partial charge in [-0.1, -0.05) is 41.9 Å². The average molecular weight is 491 g/mol. The van der Waals surface area contributed by atoms with Gasteiger partial charge >= 0.3 is 0 Å². The zero-order valence-corrected chi connectivity index (χ0v) is 20.0. The summed E-state index contributed by atoms with van der Waals surface area (Å²) >= 11 is 6.04. The fourth-order valence-electron chi connectivity index (χ4n) is 4.64. The minimum absolute atomic E-state index is 0.0387. The number of rotatable bonds is 6. The minimum atomic E-state index is -0.280. The summed E-state index contributed by atoms with van der Waals surface area (Å²) in [6.07, 6.45) is 3.62. The average Bonchev–Trinajstić information content (AvgIpc) is 3.56. The number of nitrogens with zero attached hydrogens (tertiary/aromatic N) is 3. The SMILES string of the molecule is O=C(Nc1ccccc1)C1CCN(CC(=O)N2N=C(c3ccc(Cl)cc3)CC2c2ccco2)CC1. The predicted octanol–water partition coefficient (Wildman–Crippen LogP) is 4.96. The van der Waals surface area contributed by atoms with Gasteiger partial charge in [0.05, 0.1) is 18.5 Å². The molecule has 7 nitrogen and oxygen atoms in total. The Morgan fingerprint density at radius 2 is 1.74 bits per heavy atom. The molecule has 1 fully saturated rings. The molecule has 0 saturated carbocycles. The minimum Gasteiger partial charge on any atom is -0.467 e. The van der Waals surface area contributed by atoms with E-state index in [-0.39, 0.29) is 30.3 Å². The molecule has 2 aromatic carbocycles. The van der Waals surface area contributed by atoms with E-state index in [4.69, 9.17) is 16.0 Å². The Bertz CT molecular complexity index is 1190. The molecule has 2 aliphatic rings. The van der Waals surface area contributed by atoms with Crippen LogP contribution in [0.25, 0.3) is 0 Å². The second kappa shape index (κ2) is 10.5. The van der Waals surface area contributed by atoms with E-state index < -0.39 is 0 Å². The summed E-state index contributed by atoms with van der Waals surface area (Å²) < 4.78 is 5.63. The van der Waals surface area contributed by atoms with Crippen LogP contribution in [0.1, 0.15) is 36.6 Å². The van der Waals surface area contributed by atoms with Crippen LogP contribution in [-0.4, -0.2) is 47.1 Å². The molecule has 0 spiro atoms. The van der Waals surface area contributed by atoms with Gasteiger partial charge in [-0.3, -0.25) is 14.5 Å². The van der Waals surface area contributed by atoms with E-state index in [0.717, 1.165) is 17.0 Å². The van der Waals surface area contributed by atoms with Crippen LogP contribution in [0.15, 0.2) is 82.5 Å². The van der Waals surface area contributed by atoms with Gasteiger partial charge in [-0.2, -0.15) is 5.10 Å². The number of benzene rings is 2. The van der Waals surface area contributed by atoms with Crippen LogP contribution in [0.2, 0.25) is 5.02 Å². The fraction of sp³-hybridized carbons (Fsp3) is 0.296. The van der Waals surface area contributed by atoms with Crippen LogP contribution in [0.5, 0.6) is 0 Å². The number of halogens is 1. The van der Waals surface area contributed by atoms with E-state index in [1.165, 1.54) is 0 Å². The van der Waals surface area contributed by atoms with Crippen LogP contribution in [0, 0.1) is 5.92 Å². The first-order valence-corrected chi connectivity index (χ1v) is 12.2. The summed E-state index contributed by atoms with van der Waals surface area (Å²) in [5.41, 5.74) is 2.57. The van der Waals surface area contributed by atoms with E-state index in [2.05, 4.69) is 15.3 Å². The van der Waals surface area contributed by atoms with Crippen LogP contribution >= 0.6 is 11.6 Å². The molecule has 1 aromatic heterocycles. The highest BCUT2D eigenvalue weighted by Crippen LogP contribution is 2.33. The maximum absolute atomic E-state index is 13.3. The first-order valence-electron chi connectivity index (χ1n) is 11.8.